The molecule has 1 saturated carbocycles. The van der Waals surface area contributed by atoms with Gasteiger partial charge in [0.25, 0.3) is 11.8 Å². The van der Waals surface area contributed by atoms with Crippen LogP contribution >= 0.6 is 11.3 Å². The maximum absolute atomic E-state index is 13.9. The second kappa shape index (κ2) is 8.48. The van der Waals surface area contributed by atoms with Gasteiger partial charge in [0, 0.05) is 30.1 Å². The Morgan fingerprint density at radius 1 is 1.14 bits per heavy atom. The number of carbonyl (C=O) groups is 2. The lowest BCUT2D eigenvalue weighted by Gasteiger charge is -2.28. The number of aromatic nitrogens is 1. The van der Waals surface area contributed by atoms with Gasteiger partial charge in [-0.25, -0.2) is 4.98 Å². The molecule has 0 bridgehead atoms. The molecule has 2 fully saturated rings. The van der Waals surface area contributed by atoms with Gasteiger partial charge in [-0.05, 0) is 68.4 Å². The SMILES string of the molecule is Cc1nc(C(=O)N2[C@H](CNC(=O)c3cccc4c3CCO4)C[C@@H]3C[C@@H]32)c(-c2cccc(C)c2C)s1. The van der Waals surface area contributed by atoms with Gasteiger partial charge >= 0.3 is 0 Å². The van der Waals surface area contributed by atoms with Crippen molar-refractivity contribution in [2.75, 3.05) is 13.2 Å². The number of rotatable bonds is 5. The van der Waals surface area contributed by atoms with Crippen LogP contribution in [-0.2, 0) is 6.42 Å². The number of aryl methyl sites for hydroxylation is 2. The van der Waals surface area contributed by atoms with Crippen LogP contribution in [0.5, 0.6) is 5.75 Å². The zero-order valence-corrected chi connectivity index (χ0v) is 21.1. The molecule has 1 N–H and O–H groups in total. The fraction of sp³-hybridized carbons (Fsp3) is 0.393. The van der Waals surface area contributed by atoms with Gasteiger partial charge in [0.15, 0.2) is 0 Å². The molecule has 3 heterocycles. The van der Waals surface area contributed by atoms with Gasteiger partial charge in [-0.1, -0.05) is 24.3 Å². The van der Waals surface area contributed by atoms with E-state index in [9.17, 15) is 9.59 Å². The fourth-order valence-corrected chi connectivity index (χ4v) is 6.66. The van der Waals surface area contributed by atoms with Crippen molar-refractivity contribution in [3.63, 3.8) is 0 Å². The Morgan fingerprint density at radius 2 is 1.97 bits per heavy atom. The number of hydrogen-bond donors (Lipinski definition) is 1. The number of fused-ring (bicyclic) bond motifs is 2. The standard InChI is InChI=1S/C28H29N3O3S/c1-15-6-4-7-20(16(15)2)26-25(30-17(3)35-26)28(33)31-19(12-18-13-23(18)31)14-29-27(32)22-8-5-9-24-21(22)10-11-34-24/h4-9,18-19,23H,10-14H2,1-3H3,(H,29,32)/t18-,19+,23+/m1/s1. The summed E-state index contributed by atoms with van der Waals surface area (Å²) >= 11 is 1.58. The highest BCUT2D eigenvalue weighted by Crippen LogP contribution is 2.49. The molecule has 3 atom stereocenters. The summed E-state index contributed by atoms with van der Waals surface area (Å²) in [6.45, 7) is 7.22. The molecule has 3 aliphatic rings. The Kier molecular flexibility index (Phi) is 5.40. The summed E-state index contributed by atoms with van der Waals surface area (Å²) in [5, 5.41) is 4.00. The Bertz CT molecular complexity index is 1350. The molecule has 1 aromatic heterocycles. The average molecular weight is 488 g/mol. The molecule has 2 aromatic carbocycles. The molecule has 0 radical (unpaired) electrons. The number of carbonyl (C=O) groups excluding carboxylic acids is 2. The lowest BCUT2D eigenvalue weighted by Crippen LogP contribution is -2.45. The van der Waals surface area contributed by atoms with Gasteiger partial charge < -0.3 is 15.0 Å². The first-order chi connectivity index (χ1) is 16.9. The van der Waals surface area contributed by atoms with Crippen LogP contribution in [0.4, 0.5) is 0 Å². The van der Waals surface area contributed by atoms with Gasteiger partial charge in [-0.3, -0.25) is 9.59 Å². The van der Waals surface area contributed by atoms with Gasteiger partial charge in [0.2, 0.25) is 0 Å². The van der Waals surface area contributed by atoms with Crippen molar-refractivity contribution >= 4 is 23.2 Å². The van der Waals surface area contributed by atoms with Crippen LogP contribution in [-0.4, -0.2) is 46.9 Å². The summed E-state index contributed by atoms with van der Waals surface area (Å²) in [5.41, 5.74) is 5.66. The second-order valence-corrected chi connectivity index (χ2v) is 11.1. The number of ether oxygens (including phenoxy) is 1. The number of piperidine rings is 1. The monoisotopic (exact) mass is 487 g/mol. The number of nitrogens with one attached hydrogen (secondary N) is 1. The van der Waals surface area contributed by atoms with Crippen LogP contribution in [0.25, 0.3) is 10.4 Å². The molecule has 35 heavy (non-hydrogen) atoms. The molecule has 2 aliphatic heterocycles. The highest BCUT2D eigenvalue weighted by Gasteiger charge is 2.54. The van der Waals surface area contributed by atoms with E-state index in [1.807, 2.05) is 36.1 Å². The van der Waals surface area contributed by atoms with Crippen LogP contribution < -0.4 is 10.1 Å². The maximum Gasteiger partial charge on any atom is 0.274 e. The van der Waals surface area contributed by atoms with Crippen LogP contribution in [0.1, 0.15) is 55.4 Å². The van der Waals surface area contributed by atoms with Crippen molar-refractivity contribution in [3.05, 3.63) is 69.4 Å². The molecule has 7 heteroatoms. The highest BCUT2D eigenvalue weighted by atomic mass is 32.1. The molecule has 6 rings (SSSR count). The Balaban J connectivity index is 1.24. The minimum Gasteiger partial charge on any atom is -0.493 e. The minimum absolute atomic E-state index is 0.0106. The van der Waals surface area contributed by atoms with E-state index in [1.165, 1.54) is 11.1 Å². The number of nitrogens with zero attached hydrogens (tertiary/aromatic N) is 2. The molecular formula is C28H29N3O3S. The molecule has 180 valence electrons. The van der Waals surface area contributed by atoms with Gasteiger partial charge in [0.05, 0.1) is 22.5 Å². The van der Waals surface area contributed by atoms with E-state index < -0.39 is 0 Å². The maximum atomic E-state index is 13.9. The lowest BCUT2D eigenvalue weighted by molar-refractivity contribution is 0.0684. The van der Waals surface area contributed by atoms with Crippen LogP contribution in [0.15, 0.2) is 36.4 Å². The summed E-state index contributed by atoms with van der Waals surface area (Å²) in [7, 11) is 0. The first kappa shape index (κ1) is 22.3. The third-order valence-electron chi connectivity index (χ3n) is 7.72. The Hall–Kier alpha value is -3.19. The summed E-state index contributed by atoms with van der Waals surface area (Å²) in [6, 6.07) is 12.1. The van der Waals surface area contributed by atoms with E-state index in [4.69, 9.17) is 9.72 Å². The van der Waals surface area contributed by atoms with Gasteiger partial charge in [0.1, 0.15) is 11.4 Å². The first-order valence-corrected chi connectivity index (χ1v) is 13.1. The number of likely N-dealkylation sites (tertiary alicyclic amines) is 1. The van der Waals surface area contributed by atoms with Gasteiger partial charge in [-0.2, -0.15) is 0 Å². The summed E-state index contributed by atoms with van der Waals surface area (Å²) in [4.78, 5) is 34.6. The highest BCUT2D eigenvalue weighted by molar-refractivity contribution is 7.15. The first-order valence-electron chi connectivity index (χ1n) is 12.3. The number of hydrogen-bond acceptors (Lipinski definition) is 5. The number of benzene rings is 2. The minimum atomic E-state index is -0.0964. The van der Waals surface area contributed by atoms with Crippen molar-refractivity contribution in [1.29, 1.82) is 0 Å². The molecule has 1 saturated heterocycles. The normalized spacial score (nSPS) is 21.9. The van der Waals surface area contributed by atoms with E-state index >= 15 is 0 Å². The Morgan fingerprint density at radius 3 is 2.83 bits per heavy atom. The quantitative estimate of drug-likeness (QED) is 0.566. The van der Waals surface area contributed by atoms with Crippen LogP contribution in [0, 0.1) is 26.7 Å². The number of thiazole rings is 1. The van der Waals surface area contributed by atoms with Crippen molar-refractivity contribution < 1.29 is 14.3 Å². The zero-order chi connectivity index (χ0) is 24.3. The smallest absolute Gasteiger partial charge is 0.274 e. The largest absolute Gasteiger partial charge is 0.493 e. The molecule has 0 spiro atoms. The second-order valence-electron chi connectivity index (χ2n) is 9.91. The molecular weight excluding hydrogens is 458 g/mol. The summed E-state index contributed by atoms with van der Waals surface area (Å²) in [5.74, 6) is 1.22. The predicted octanol–water partition coefficient (Wildman–Crippen LogP) is 4.70. The summed E-state index contributed by atoms with van der Waals surface area (Å²) < 4.78 is 5.61. The van der Waals surface area contributed by atoms with Crippen molar-refractivity contribution in [2.24, 2.45) is 5.92 Å². The van der Waals surface area contributed by atoms with E-state index in [-0.39, 0.29) is 23.9 Å². The zero-order valence-electron chi connectivity index (χ0n) is 20.3. The Labute approximate surface area is 209 Å². The number of amides is 2. The predicted molar refractivity (Wildman–Crippen MR) is 136 cm³/mol. The van der Waals surface area contributed by atoms with E-state index in [0.29, 0.717) is 30.3 Å². The third-order valence-corrected chi connectivity index (χ3v) is 8.72. The molecule has 1 aliphatic carbocycles. The molecule has 0 unspecified atom stereocenters. The van der Waals surface area contributed by atoms with Gasteiger partial charge in [-0.15, -0.1) is 11.3 Å². The molecule has 2 amide bonds. The van der Waals surface area contributed by atoms with E-state index in [0.717, 1.165) is 46.0 Å². The lowest BCUT2D eigenvalue weighted by atomic mass is 10.0. The summed E-state index contributed by atoms with van der Waals surface area (Å²) in [6.07, 6.45) is 2.72. The third kappa shape index (κ3) is 3.82. The van der Waals surface area contributed by atoms with Crippen LogP contribution in [0.3, 0.4) is 0 Å². The van der Waals surface area contributed by atoms with E-state index in [2.05, 4.69) is 31.3 Å². The van der Waals surface area contributed by atoms with E-state index in [1.54, 1.807) is 11.3 Å². The van der Waals surface area contributed by atoms with Crippen molar-refractivity contribution in [2.45, 2.75) is 52.1 Å². The fourth-order valence-electron chi connectivity index (χ4n) is 5.67. The molecule has 3 aromatic rings. The van der Waals surface area contributed by atoms with Crippen molar-refractivity contribution in [1.82, 2.24) is 15.2 Å². The topological polar surface area (TPSA) is 71.5 Å². The van der Waals surface area contributed by atoms with Crippen molar-refractivity contribution in [3.8, 4) is 16.2 Å². The molecule has 6 nitrogen and oxygen atoms in total. The average Bonchev–Trinajstić information content (AvgIpc) is 3.18. The van der Waals surface area contributed by atoms with Crippen LogP contribution in [0.2, 0.25) is 0 Å².